The summed E-state index contributed by atoms with van der Waals surface area (Å²) < 4.78 is 2.08. The summed E-state index contributed by atoms with van der Waals surface area (Å²) in [6.45, 7) is 3.10. The quantitative estimate of drug-likeness (QED) is 0.818. The molecule has 1 saturated carbocycles. The van der Waals surface area contributed by atoms with E-state index in [1.165, 1.54) is 25.7 Å². The molecule has 1 fully saturated rings. The third kappa shape index (κ3) is 4.34. The number of hydrogen-bond acceptors (Lipinski definition) is 2. The van der Waals surface area contributed by atoms with Crippen LogP contribution in [-0.2, 0) is 6.54 Å². The lowest BCUT2D eigenvalue weighted by Gasteiger charge is -2.16. The molecule has 1 heterocycles. The Morgan fingerprint density at radius 2 is 2.24 bits per heavy atom. The third-order valence-corrected chi connectivity index (χ3v) is 4.37. The fourth-order valence-electron chi connectivity index (χ4n) is 1.96. The van der Waals surface area contributed by atoms with Gasteiger partial charge in [-0.15, -0.1) is 0 Å². The first kappa shape index (κ1) is 13.5. The van der Waals surface area contributed by atoms with Crippen LogP contribution in [0.1, 0.15) is 38.3 Å². The van der Waals surface area contributed by atoms with E-state index in [-0.39, 0.29) is 0 Å². The van der Waals surface area contributed by atoms with E-state index in [1.54, 1.807) is 0 Å². The highest BCUT2D eigenvalue weighted by Crippen LogP contribution is 2.34. The first-order valence-corrected chi connectivity index (χ1v) is 7.81. The molecular formula is C13H18Br2N2. The van der Waals surface area contributed by atoms with Gasteiger partial charge in [-0.25, -0.2) is 0 Å². The van der Waals surface area contributed by atoms with E-state index >= 15 is 0 Å². The summed E-state index contributed by atoms with van der Waals surface area (Å²) >= 11 is 6.97. The monoisotopic (exact) mass is 360 g/mol. The summed E-state index contributed by atoms with van der Waals surface area (Å²) in [6.07, 6.45) is 7.23. The van der Waals surface area contributed by atoms with Crippen LogP contribution in [0.5, 0.6) is 0 Å². The zero-order chi connectivity index (χ0) is 12.3. The Bertz CT molecular complexity index is 378. The lowest BCUT2D eigenvalue weighted by molar-refractivity contribution is 0.442. The Kier molecular flexibility index (Phi) is 5.00. The Balaban J connectivity index is 1.86. The van der Waals surface area contributed by atoms with Gasteiger partial charge in [0.2, 0.25) is 0 Å². The fourth-order valence-corrected chi connectivity index (χ4v) is 3.09. The van der Waals surface area contributed by atoms with E-state index in [9.17, 15) is 0 Å². The maximum absolute atomic E-state index is 4.42. The zero-order valence-corrected chi connectivity index (χ0v) is 13.2. The molecule has 1 N–H and O–H groups in total. The molecule has 1 aromatic heterocycles. The minimum Gasteiger partial charge on any atom is -0.308 e. The second kappa shape index (κ2) is 6.30. The number of aromatic nitrogens is 1. The second-order valence-electron chi connectivity index (χ2n) is 4.75. The summed E-state index contributed by atoms with van der Waals surface area (Å²) in [5, 5.41) is 3.61. The number of rotatable bonds is 6. The van der Waals surface area contributed by atoms with Gasteiger partial charge in [0.15, 0.2) is 0 Å². The molecule has 1 aliphatic rings. The number of nitrogens with zero attached hydrogens (tertiary/aromatic N) is 1. The Morgan fingerprint density at radius 3 is 2.82 bits per heavy atom. The second-order valence-corrected chi connectivity index (χ2v) is 6.52. The molecule has 0 saturated heterocycles. The van der Waals surface area contributed by atoms with Crippen molar-refractivity contribution in [1.29, 1.82) is 0 Å². The van der Waals surface area contributed by atoms with Crippen LogP contribution in [0.3, 0.4) is 0 Å². The van der Waals surface area contributed by atoms with Crippen LogP contribution in [0.15, 0.2) is 21.2 Å². The highest BCUT2D eigenvalue weighted by atomic mass is 79.9. The van der Waals surface area contributed by atoms with Gasteiger partial charge in [0, 0.05) is 27.7 Å². The fraction of sp³-hybridized carbons (Fsp3) is 0.615. The van der Waals surface area contributed by atoms with Crippen molar-refractivity contribution in [2.75, 3.05) is 0 Å². The molecule has 1 atom stereocenters. The van der Waals surface area contributed by atoms with Gasteiger partial charge in [0.1, 0.15) is 0 Å². The van der Waals surface area contributed by atoms with Crippen molar-refractivity contribution >= 4 is 31.9 Å². The number of halogens is 2. The first-order chi connectivity index (χ1) is 8.19. The minimum atomic E-state index is 0.639. The molecule has 1 aliphatic carbocycles. The predicted octanol–water partition coefficient (Wildman–Crippen LogP) is 4.27. The molecule has 0 spiro atoms. The van der Waals surface area contributed by atoms with Crippen LogP contribution < -0.4 is 5.32 Å². The molecule has 0 aliphatic heterocycles. The maximum Gasteiger partial charge on any atom is 0.0684 e. The largest absolute Gasteiger partial charge is 0.308 e. The standard InChI is InChI=1S/C13H18Br2N2/c1-2-11(5-9-3-4-9)16-8-13-12(15)6-10(14)7-17-13/h6-7,9,11,16H,2-5,8H2,1H3. The van der Waals surface area contributed by atoms with Crippen molar-refractivity contribution < 1.29 is 0 Å². The SMILES string of the molecule is CCC(CC1CC1)NCc1ncc(Br)cc1Br. The van der Waals surface area contributed by atoms with Crippen molar-refractivity contribution in [2.45, 2.75) is 45.2 Å². The zero-order valence-electron chi connectivity index (χ0n) is 10.0. The minimum absolute atomic E-state index is 0.639. The molecule has 4 heteroatoms. The van der Waals surface area contributed by atoms with Crippen molar-refractivity contribution in [2.24, 2.45) is 5.92 Å². The molecule has 0 bridgehead atoms. The van der Waals surface area contributed by atoms with E-state index in [0.717, 1.165) is 27.1 Å². The van der Waals surface area contributed by atoms with Gasteiger partial charge in [0.05, 0.1) is 5.69 Å². The smallest absolute Gasteiger partial charge is 0.0684 e. The van der Waals surface area contributed by atoms with Gasteiger partial charge in [-0.3, -0.25) is 4.98 Å². The summed E-state index contributed by atoms with van der Waals surface area (Å²) in [5.74, 6) is 0.980. The normalized spacial score (nSPS) is 17.1. The Labute approximate surface area is 120 Å². The van der Waals surface area contributed by atoms with Gasteiger partial charge < -0.3 is 5.32 Å². The van der Waals surface area contributed by atoms with Gasteiger partial charge in [-0.2, -0.15) is 0 Å². The molecule has 2 nitrogen and oxygen atoms in total. The van der Waals surface area contributed by atoms with Crippen LogP contribution in [0.2, 0.25) is 0 Å². The highest BCUT2D eigenvalue weighted by molar-refractivity contribution is 9.11. The molecule has 1 aromatic rings. The van der Waals surface area contributed by atoms with Gasteiger partial charge in [-0.05, 0) is 56.7 Å². The van der Waals surface area contributed by atoms with Crippen LogP contribution in [-0.4, -0.2) is 11.0 Å². The Morgan fingerprint density at radius 1 is 1.47 bits per heavy atom. The van der Waals surface area contributed by atoms with E-state index < -0.39 is 0 Å². The summed E-state index contributed by atoms with van der Waals surface area (Å²) in [7, 11) is 0. The van der Waals surface area contributed by atoms with Crippen LogP contribution in [0, 0.1) is 5.92 Å². The molecule has 0 aromatic carbocycles. The molecule has 2 rings (SSSR count). The third-order valence-electron chi connectivity index (χ3n) is 3.25. The lowest BCUT2D eigenvalue weighted by atomic mass is 10.1. The van der Waals surface area contributed by atoms with Crippen molar-refractivity contribution in [3.8, 4) is 0 Å². The first-order valence-electron chi connectivity index (χ1n) is 6.22. The molecule has 0 radical (unpaired) electrons. The highest BCUT2D eigenvalue weighted by Gasteiger charge is 2.24. The average molecular weight is 362 g/mol. The average Bonchev–Trinajstić information content (AvgIpc) is 3.10. The molecular weight excluding hydrogens is 344 g/mol. The van der Waals surface area contributed by atoms with E-state index in [1.807, 2.05) is 12.3 Å². The lowest BCUT2D eigenvalue weighted by Crippen LogP contribution is -2.28. The van der Waals surface area contributed by atoms with Crippen LogP contribution in [0.25, 0.3) is 0 Å². The molecule has 17 heavy (non-hydrogen) atoms. The van der Waals surface area contributed by atoms with Crippen molar-refractivity contribution in [1.82, 2.24) is 10.3 Å². The van der Waals surface area contributed by atoms with Gasteiger partial charge >= 0.3 is 0 Å². The van der Waals surface area contributed by atoms with Crippen LogP contribution >= 0.6 is 31.9 Å². The molecule has 0 amide bonds. The summed E-state index contributed by atoms with van der Waals surface area (Å²) in [4.78, 5) is 4.42. The Hall–Kier alpha value is 0.0700. The van der Waals surface area contributed by atoms with Gasteiger partial charge in [-0.1, -0.05) is 19.8 Å². The van der Waals surface area contributed by atoms with Gasteiger partial charge in [0.25, 0.3) is 0 Å². The van der Waals surface area contributed by atoms with Crippen LogP contribution in [0.4, 0.5) is 0 Å². The number of nitrogens with one attached hydrogen (secondary N) is 1. The van der Waals surface area contributed by atoms with Crippen molar-refractivity contribution in [3.05, 3.63) is 26.9 Å². The van der Waals surface area contributed by atoms with E-state index in [0.29, 0.717) is 6.04 Å². The number of hydrogen-bond donors (Lipinski definition) is 1. The van der Waals surface area contributed by atoms with Crippen molar-refractivity contribution in [3.63, 3.8) is 0 Å². The predicted molar refractivity (Wildman–Crippen MR) is 77.9 cm³/mol. The molecule has 1 unspecified atom stereocenters. The molecule has 94 valence electrons. The number of pyridine rings is 1. The van der Waals surface area contributed by atoms with E-state index in [4.69, 9.17) is 0 Å². The summed E-state index contributed by atoms with van der Waals surface area (Å²) in [6, 6.07) is 2.69. The topological polar surface area (TPSA) is 24.9 Å². The summed E-state index contributed by atoms with van der Waals surface area (Å²) in [5.41, 5.74) is 1.09. The van der Waals surface area contributed by atoms with E-state index in [2.05, 4.69) is 49.1 Å². The maximum atomic E-state index is 4.42.